The van der Waals surface area contributed by atoms with Crippen molar-refractivity contribution in [1.82, 2.24) is 10.2 Å². The summed E-state index contributed by atoms with van der Waals surface area (Å²) in [6, 6.07) is 0. The number of nitrogens with zero attached hydrogens (tertiary/aromatic N) is 1. The predicted molar refractivity (Wildman–Crippen MR) is 130 cm³/mol. The number of rotatable bonds is 9. The van der Waals surface area contributed by atoms with E-state index in [1.54, 1.807) is 5.57 Å². The molecule has 182 valence electrons. The number of likely N-dealkylation sites (N-methyl/N-ethyl adjacent to an activating group) is 1. The monoisotopic (exact) mass is 446 g/mol. The molecule has 3 aliphatic carbocycles. The summed E-state index contributed by atoms with van der Waals surface area (Å²) >= 11 is 0. The summed E-state index contributed by atoms with van der Waals surface area (Å²) in [5.74, 6) is 1.63. The molecular formula is C27H46N2O3. The second-order valence-corrected chi connectivity index (χ2v) is 11.1. The fourth-order valence-electron chi connectivity index (χ4n) is 6.61. The number of unbranched alkanes of at least 4 members (excludes halogenated alkanes) is 2. The Kier molecular flexibility index (Phi) is 9.39. The molecule has 3 saturated carbocycles. The van der Waals surface area contributed by atoms with Gasteiger partial charge in [-0.25, -0.2) is 0 Å². The molecule has 0 heterocycles. The Morgan fingerprint density at radius 3 is 2.59 bits per heavy atom. The van der Waals surface area contributed by atoms with Crippen LogP contribution in [0.1, 0.15) is 84.0 Å². The summed E-state index contributed by atoms with van der Waals surface area (Å²) < 4.78 is 0. The number of carbonyl (C=O) groups is 1. The van der Waals surface area contributed by atoms with Crippen molar-refractivity contribution in [3.8, 4) is 0 Å². The van der Waals surface area contributed by atoms with E-state index in [0.29, 0.717) is 37.1 Å². The van der Waals surface area contributed by atoms with Gasteiger partial charge in [0.2, 0.25) is 5.91 Å². The topological polar surface area (TPSA) is 72.8 Å². The third-order valence-corrected chi connectivity index (χ3v) is 8.25. The second-order valence-electron chi connectivity index (χ2n) is 11.1. The minimum absolute atomic E-state index is 0.120. The number of carbonyl (C=O) groups excluding carboxylic acids is 1. The zero-order chi connectivity index (χ0) is 23.1. The smallest absolute Gasteiger partial charge is 0.234 e. The average Bonchev–Trinajstić information content (AvgIpc) is 3.04. The SMILES string of the molecule is CN(C)CC(=O)NCCCCC[C@H]1CC[C@H]2/C(=C/C=C3C[C@@H](O)C[C@H](O)C3)CCC[C@]12C. The van der Waals surface area contributed by atoms with E-state index in [9.17, 15) is 15.0 Å². The minimum Gasteiger partial charge on any atom is -0.393 e. The molecule has 1 amide bonds. The maximum absolute atomic E-state index is 11.7. The molecule has 5 atom stereocenters. The Morgan fingerprint density at radius 1 is 1.12 bits per heavy atom. The molecule has 0 aromatic carbocycles. The molecule has 3 fully saturated rings. The lowest BCUT2D eigenvalue weighted by Crippen LogP contribution is -2.34. The number of hydrogen-bond donors (Lipinski definition) is 3. The Labute approximate surface area is 195 Å². The van der Waals surface area contributed by atoms with Gasteiger partial charge in [0.1, 0.15) is 0 Å². The summed E-state index contributed by atoms with van der Waals surface area (Å²) in [6.45, 7) is 3.79. The lowest BCUT2D eigenvalue weighted by molar-refractivity contribution is -0.121. The first-order valence-corrected chi connectivity index (χ1v) is 12.9. The molecule has 0 saturated heterocycles. The number of allylic oxidation sites excluding steroid dienone is 3. The molecule has 0 aromatic heterocycles. The average molecular weight is 447 g/mol. The summed E-state index contributed by atoms with van der Waals surface area (Å²) in [5, 5.41) is 23.0. The lowest BCUT2D eigenvalue weighted by atomic mass is 9.62. The van der Waals surface area contributed by atoms with Crippen LogP contribution in [0, 0.1) is 17.3 Å². The van der Waals surface area contributed by atoms with E-state index in [1.165, 1.54) is 56.9 Å². The molecule has 0 spiro atoms. The molecule has 5 nitrogen and oxygen atoms in total. The van der Waals surface area contributed by atoms with Crippen LogP contribution in [0.5, 0.6) is 0 Å². The minimum atomic E-state index is -0.391. The number of aliphatic hydroxyl groups is 2. The number of amides is 1. The van der Waals surface area contributed by atoms with E-state index in [-0.39, 0.29) is 5.91 Å². The van der Waals surface area contributed by atoms with E-state index in [4.69, 9.17) is 0 Å². The van der Waals surface area contributed by atoms with E-state index in [1.807, 2.05) is 19.0 Å². The highest BCUT2D eigenvalue weighted by Gasteiger charge is 2.48. The molecule has 0 aliphatic heterocycles. The van der Waals surface area contributed by atoms with Crippen molar-refractivity contribution in [2.45, 2.75) is 96.2 Å². The van der Waals surface area contributed by atoms with Crippen molar-refractivity contribution in [2.75, 3.05) is 27.2 Å². The standard InChI is InChI=1S/C27H46N2O3/c1-27-14-7-8-21(11-10-20-16-23(30)18-24(31)17-20)25(27)13-12-22(27)9-5-4-6-15-28-26(32)19-29(2)3/h10-11,22-25,30-31H,4-9,12-19H2,1-3H3,(H,28,32)/b21-11+/t22-,23+,24+,25-,27+/m0/s1. The zero-order valence-electron chi connectivity index (χ0n) is 20.6. The largest absolute Gasteiger partial charge is 0.393 e. The number of nitrogens with one attached hydrogen (secondary N) is 1. The van der Waals surface area contributed by atoms with Crippen molar-refractivity contribution < 1.29 is 15.0 Å². The Bertz CT molecular complexity index is 674. The third-order valence-electron chi connectivity index (χ3n) is 8.25. The molecule has 5 heteroatoms. The van der Waals surface area contributed by atoms with E-state index >= 15 is 0 Å². The molecule has 0 bridgehead atoms. The van der Waals surface area contributed by atoms with Crippen LogP contribution in [-0.2, 0) is 4.79 Å². The summed E-state index contributed by atoms with van der Waals surface area (Å²) in [5.41, 5.74) is 3.23. The number of fused-ring (bicyclic) bond motifs is 1. The van der Waals surface area contributed by atoms with Crippen molar-refractivity contribution in [1.29, 1.82) is 0 Å². The highest BCUT2D eigenvalue weighted by molar-refractivity contribution is 5.77. The van der Waals surface area contributed by atoms with Crippen molar-refractivity contribution in [2.24, 2.45) is 17.3 Å². The second kappa shape index (κ2) is 11.8. The van der Waals surface area contributed by atoms with Gasteiger partial charge in [-0.05, 0) is 95.6 Å². The van der Waals surface area contributed by atoms with Crippen LogP contribution in [0.15, 0.2) is 23.3 Å². The van der Waals surface area contributed by atoms with Crippen LogP contribution >= 0.6 is 0 Å². The Hall–Kier alpha value is -1.17. The normalized spacial score (nSPS) is 34.1. The fourth-order valence-corrected chi connectivity index (χ4v) is 6.61. The van der Waals surface area contributed by atoms with E-state index in [2.05, 4.69) is 24.4 Å². The van der Waals surface area contributed by atoms with E-state index < -0.39 is 12.2 Å². The first-order valence-electron chi connectivity index (χ1n) is 12.9. The van der Waals surface area contributed by atoms with Gasteiger partial charge in [0, 0.05) is 6.54 Å². The van der Waals surface area contributed by atoms with Crippen LogP contribution in [0.2, 0.25) is 0 Å². The van der Waals surface area contributed by atoms with Crippen LogP contribution in [0.25, 0.3) is 0 Å². The van der Waals surface area contributed by atoms with Gasteiger partial charge in [0.05, 0.1) is 18.8 Å². The molecule has 3 aliphatic rings. The van der Waals surface area contributed by atoms with Crippen LogP contribution in [-0.4, -0.2) is 60.4 Å². The third kappa shape index (κ3) is 6.91. The summed E-state index contributed by atoms with van der Waals surface area (Å²) in [7, 11) is 3.84. The number of hydrogen-bond acceptors (Lipinski definition) is 4. The van der Waals surface area contributed by atoms with E-state index in [0.717, 1.165) is 18.9 Å². The molecular weight excluding hydrogens is 400 g/mol. The molecule has 3 rings (SSSR count). The molecule has 32 heavy (non-hydrogen) atoms. The van der Waals surface area contributed by atoms with Crippen molar-refractivity contribution in [3.63, 3.8) is 0 Å². The molecule has 3 N–H and O–H groups in total. The maximum Gasteiger partial charge on any atom is 0.234 e. The lowest BCUT2D eigenvalue weighted by Gasteiger charge is -2.42. The van der Waals surface area contributed by atoms with Crippen LogP contribution in [0.4, 0.5) is 0 Å². The first kappa shape index (κ1) is 25.5. The van der Waals surface area contributed by atoms with Crippen molar-refractivity contribution >= 4 is 5.91 Å². The Balaban J connectivity index is 1.46. The van der Waals surface area contributed by atoms with Crippen LogP contribution < -0.4 is 5.32 Å². The van der Waals surface area contributed by atoms with Crippen LogP contribution in [0.3, 0.4) is 0 Å². The van der Waals surface area contributed by atoms with Gasteiger partial charge in [-0.1, -0.05) is 43.1 Å². The molecule has 0 aromatic rings. The van der Waals surface area contributed by atoms with Gasteiger partial charge < -0.3 is 20.4 Å². The van der Waals surface area contributed by atoms with Gasteiger partial charge >= 0.3 is 0 Å². The fraction of sp³-hybridized carbons (Fsp3) is 0.815. The highest BCUT2D eigenvalue weighted by atomic mass is 16.3. The summed E-state index contributed by atoms with van der Waals surface area (Å²) in [6.07, 6.45) is 17.0. The maximum atomic E-state index is 11.7. The predicted octanol–water partition coefficient (Wildman–Crippen LogP) is 4.20. The molecule has 0 radical (unpaired) electrons. The molecule has 0 unspecified atom stereocenters. The van der Waals surface area contributed by atoms with Gasteiger partial charge in [0.25, 0.3) is 0 Å². The van der Waals surface area contributed by atoms with Gasteiger partial charge in [-0.2, -0.15) is 0 Å². The first-order chi connectivity index (χ1) is 15.3. The summed E-state index contributed by atoms with van der Waals surface area (Å²) in [4.78, 5) is 13.6. The zero-order valence-corrected chi connectivity index (χ0v) is 20.6. The van der Waals surface area contributed by atoms with Gasteiger partial charge in [0.15, 0.2) is 0 Å². The van der Waals surface area contributed by atoms with Gasteiger partial charge in [-0.3, -0.25) is 4.79 Å². The van der Waals surface area contributed by atoms with Gasteiger partial charge in [-0.15, -0.1) is 0 Å². The Morgan fingerprint density at radius 2 is 1.88 bits per heavy atom. The van der Waals surface area contributed by atoms with Crippen molar-refractivity contribution in [3.05, 3.63) is 23.3 Å². The highest BCUT2D eigenvalue weighted by Crippen LogP contribution is 2.58. The number of aliphatic hydroxyl groups excluding tert-OH is 2. The quantitative estimate of drug-likeness (QED) is 0.464.